The van der Waals surface area contributed by atoms with Crippen LogP contribution >= 0.6 is 22.7 Å². The molecule has 3 aromatic rings. The minimum atomic E-state index is -4.11. The topological polar surface area (TPSA) is 124 Å². The molecular weight excluding hydrogens is 534 g/mol. The number of nitrogens with one attached hydrogen (secondary N) is 1. The molecule has 9 nitrogen and oxygen atoms in total. The fraction of sp³-hybridized carbons (Fsp3) is 0.360. The molecule has 37 heavy (non-hydrogen) atoms. The average Bonchev–Trinajstić information content (AvgIpc) is 3.25. The van der Waals surface area contributed by atoms with Crippen molar-refractivity contribution in [2.45, 2.75) is 38.6 Å². The summed E-state index contributed by atoms with van der Waals surface area (Å²) in [5.41, 5.74) is 2.01. The number of aryl methyl sites for hydroxylation is 1. The number of para-hydroxylation sites is 1. The smallest absolute Gasteiger partial charge is 0.341 e. The number of carbonyl (C=O) groups excluding carboxylic acids is 3. The Labute approximate surface area is 222 Å². The molecule has 0 saturated carbocycles. The van der Waals surface area contributed by atoms with E-state index in [0.29, 0.717) is 17.8 Å². The van der Waals surface area contributed by atoms with Crippen LogP contribution in [0.4, 0.5) is 5.00 Å². The fourth-order valence-corrected chi connectivity index (χ4v) is 7.67. The number of carbonyl (C=O) groups is 3. The van der Waals surface area contributed by atoms with E-state index in [9.17, 15) is 22.8 Å². The molecule has 0 saturated heterocycles. The molecule has 196 valence electrons. The van der Waals surface area contributed by atoms with Gasteiger partial charge in [0.15, 0.2) is 14.6 Å². The first-order valence-electron chi connectivity index (χ1n) is 11.7. The highest BCUT2D eigenvalue weighted by atomic mass is 32.2. The second-order valence-electron chi connectivity index (χ2n) is 8.60. The third kappa shape index (κ3) is 6.25. The number of benzene rings is 1. The quantitative estimate of drug-likeness (QED) is 0.255. The monoisotopic (exact) mass is 561 g/mol. The Bertz CT molecular complexity index is 1550. The molecule has 1 N–H and O–H groups in total. The summed E-state index contributed by atoms with van der Waals surface area (Å²) >= 11 is 2.54. The molecule has 0 spiro atoms. The Morgan fingerprint density at radius 2 is 1.89 bits per heavy atom. The third-order valence-electron chi connectivity index (χ3n) is 5.88. The Morgan fingerprint density at radius 1 is 1.14 bits per heavy atom. The summed E-state index contributed by atoms with van der Waals surface area (Å²) in [6.07, 6.45) is 6.11. The highest BCUT2D eigenvalue weighted by molar-refractivity contribution is 7.92. The number of anilines is 1. The standard InChI is InChI=1S/C25H27N3O6S3/c1-3-13-28-17-10-7-8-12-19(17)36-25(28)27-21(30)15-37(32,33)14-20(29)26-23-22(24(31)34-2)16-9-5-4-6-11-18(16)35-23/h3,7-8,10,12H,1,4-6,9,11,13-15H2,2H3,(H,26,29). The molecule has 0 fully saturated rings. The molecule has 2 aromatic heterocycles. The number of esters is 1. The normalized spacial score (nSPS) is 14.1. The van der Waals surface area contributed by atoms with Crippen molar-refractivity contribution in [1.29, 1.82) is 0 Å². The summed E-state index contributed by atoms with van der Waals surface area (Å²) in [5.74, 6) is -4.07. The Morgan fingerprint density at radius 3 is 2.65 bits per heavy atom. The number of allylic oxidation sites excluding steroid dienone is 1. The number of thiazole rings is 1. The van der Waals surface area contributed by atoms with Crippen LogP contribution in [0.2, 0.25) is 0 Å². The van der Waals surface area contributed by atoms with E-state index in [1.807, 2.05) is 24.3 Å². The molecule has 1 aliphatic rings. The lowest BCUT2D eigenvalue weighted by Crippen LogP contribution is -2.28. The van der Waals surface area contributed by atoms with Gasteiger partial charge < -0.3 is 14.6 Å². The fourth-order valence-electron chi connectivity index (χ4n) is 4.30. The highest BCUT2D eigenvalue weighted by Crippen LogP contribution is 2.38. The number of thiophene rings is 1. The number of hydrogen-bond donors (Lipinski definition) is 1. The van der Waals surface area contributed by atoms with Crippen molar-refractivity contribution in [3.8, 4) is 0 Å². The van der Waals surface area contributed by atoms with Gasteiger partial charge in [0.2, 0.25) is 5.91 Å². The van der Waals surface area contributed by atoms with Gasteiger partial charge in [-0.15, -0.1) is 17.9 Å². The van der Waals surface area contributed by atoms with Gasteiger partial charge in [-0.3, -0.25) is 9.59 Å². The zero-order chi connectivity index (χ0) is 26.6. The maximum atomic E-state index is 12.7. The van der Waals surface area contributed by atoms with Crippen LogP contribution in [-0.2, 0) is 43.5 Å². The number of methoxy groups -OCH3 is 1. The van der Waals surface area contributed by atoms with Crippen LogP contribution in [-0.4, -0.2) is 49.4 Å². The number of sulfone groups is 1. The van der Waals surface area contributed by atoms with E-state index >= 15 is 0 Å². The number of hydrogen-bond acceptors (Lipinski definition) is 8. The first-order valence-corrected chi connectivity index (χ1v) is 15.2. The summed E-state index contributed by atoms with van der Waals surface area (Å²) < 4.78 is 33.0. The van der Waals surface area contributed by atoms with E-state index in [1.54, 1.807) is 10.6 Å². The van der Waals surface area contributed by atoms with Gasteiger partial charge >= 0.3 is 5.97 Å². The van der Waals surface area contributed by atoms with Crippen molar-refractivity contribution in [2.75, 3.05) is 23.9 Å². The number of rotatable bonds is 8. The van der Waals surface area contributed by atoms with Crippen LogP contribution in [0.1, 0.15) is 40.1 Å². The zero-order valence-corrected chi connectivity index (χ0v) is 22.8. The summed E-state index contributed by atoms with van der Waals surface area (Å²) in [5, 5.41) is 2.85. The molecule has 0 aliphatic heterocycles. The van der Waals surface area contributed by atoms with E-state index in [2.05, 4.69) is 16.9 Å². The lowest BCUT2D eigenvalue weighted by Gasteiger charge is -2.07. The molecule has 0 unspecified atom stereocenters. The summed E-state index contributed by atoms with van der Waals surface area (Å²) in [6, 6.07) is 7.49. The second kappa shape index (κ2) is 11.5. The minimum absolute atomic E-state index is 0.283. The Kier molecular flexibility index (Phi) is 8.40. The molecule has 12 heteroatoms. The summed E-state index contributed by atoms with van der Waals surface area (Å²) in [6.45, 7) is 4.13. The summed E-state index contributed by atoms with van der Waals surface area (Å²) in [7, 11) is -2.85. The van der Waals surface area contributed by atoms with Crippen LogP contribution in [0.3, 0.4) is 0 Å². The predicted molar refractivity (Wildman–Crippen MR) is 145 cm³/mol. The van der Waals surface area contributed by atoms with Gasteiger partial charge in [0.1, 0.15) is 16.5 Å². The van der Waals surface area contributed by atoms with Crippen molar-refractivity contribution in [2.24, 2.45) is 4.99 Å². The van der Waals surface area contributed by atoms with Gasteiger partial charge in [-0.1, -0.05) is 36.0 Å². The number of fused-ring (bicyclic) bond motifs is 2. The van der Waals surface area contributed by atoms with Gasteiger partial charge in [0, 0.05) is 11.4 Å². The molecule has 0 bridgehead atoms. The molecule has 2 heterocycles. The van der Waals surface area contributed by atoms with Gasteiger partial charge in [0.25, 0.3) is 5.91 Å². The van der Waals surface area contributed by atoms with Crippen LogP contribution in [0.15, 0.2) is 41.9 Å². The first kappa shape index (κ1) is 27.0. The lowest BCUT2D eigenvalue weighted by atomic mass is 10.1. The average molecular weight is 562 g/mol. The summed E-state index contributed by atoms with van der Waals surface area (Å²) in [4.78, 5) is 43.1. The molecule has 4 rings (SSSR count). The Balaban J connectivity index is 1.50. The van der Waals surface area contributed by atoms with Crippen LogP contribution < -0.4 is 10.1 Å². The molecule has 1 aliphatic carbocycles. The molecule has 1 aromatic carbocycles. The van der Waals surface area contributed by atoms with Crippen molar-refractivity contribution < 1.29 is 27.5 Å². The van der Waals surface area contributed by atoms with Crippen LogP contribution in [0.25, 0.3) is 10.2 Å². The number of nitrogens with zero attached hydrogens (tertiary/aromatic N) is 2. The van der Waals surface area contributed by atoms with Crippen molar-refractivity contribution in [3.63, 3.8) is 0 Å². The van der Waals surface area contributed by atoms with Gasteiger partial charge in [-0.25, -0.2) is 13.2 Å². The second-order valence-corrected chi connectivity index (χ2v) is 12.8. The van der Waals surface area contributed by atoms with Crippen molar-refractivity contribution in [1.82, 2.24) is 4.57 Å². The van der Waals surface area contributed by atoms with E-state index < -0.39 is 39.1 Å². The maximum Gasteiger partial charge on any atom is 0.341 e. The van der Waals surface area contributed by atoms with Crippen LogP contribution in [0, 0.1) is 0 Å². The van der Waals surface area contributed by atoms with Crippen molar-refractivity contribution >= 4 is 65.5 Å². The van der Waals surface area contributed by atoms with E-state index in [0.717, 1.165) is 46.3 Å². The molecule has 0 radical (unpaired) electrons. The molecular formula is C25H27N3O6S3. The van der Waals surface area contributed by atoms with Crippen molar-refractivity contribution in [3.05, 3.63) is 57.7 Å². The first-order chi connectivity index (χ1) is 17.7. The van der Waals surface area contributed by atoms with E-state index in [4.69, 9.17) is 4.74 Å². The highest BCUT2D eigenvalue weighted by Gasteiger charge is 2.28. The number of aromatic nitrogens is 1. The van der Waals surface area contributed by atoms with Crippen LogP contribution in [0.5, 0.6) is 0 Å². The van der Waals surface area contributed by atoms with E-state index in [-0.39, 0.29) is 10.6 Å². The van der Waals surface area contributed by atoms with Gasteiger partial charge in [-0.2, -0.15) is 4.99 Å². The lowest BCUT2D eigenvalue weighted by molar-refractivity contribution is -0.115. The van der Waals surface area contributed by atoms with E-state index in [1.165, 1.54) is 29.8 Å². The van der Waals surface area contributed by atoms with Gasteiger partial charge in [0.05, 0.1) is 22.9 Å². The SMILES string of the molecule is C=CCn1c(=NC(=O)CS(=O)(=O)CC(=O)Nc2sc3c(c2C(=O)OC)CCCCC3)sc2ccccc21. The third-order valence-corrected chi connectivity index (χ3v) is 9.53. The largest absolute Gasteiger partial charge is 0.465 e. The zero-order valence-electron chi connectivity index (χ0n) is 20.3. The number of ether oxygens (including phenoxy) is 1. The molecule has 0 atom stereocenters. The van der Waals surface area contributed by atoms with Gasteiger partial charge in [-0.05, 0) is 43.4 Å². The molecule has 2 amide bonds. The maximum absolute atomic E-state index is 12.7. The predicted octanol–water partition coefficient (Wildman–Crippen LogP) is 3.49. The minimum Gasteiger partial charge on any atom is -0.465 e. The number of amides is 2. The Hall–Kier alpha value is -3.09.